The van der Waals surface area contributed by atoms with E-state index >= 15 is 0 Å². The van der Waals surface area contributed by atoms with E-state index in [1.807, 2.05) is 6.92 Å². The molecule has 2 aliphatic rings. The van der Waals surface area contributed by atoms with Gasteiger partial charge in [-0.25, -0.2) is 0 Å². The number of aliphatic imine (C=N–C) groups is 1. The van der Waals surface area contributed by atoms with Crippen molar-refractivity contribution in [1.82, 2.24) is 42.1 Å². The molecule has 1 aromatic carbocycles. The summed E-state index contributed by atoms with van der Waals surface area (Å²) in [5.74, 6) is -9.60. The van der Waals surface area contributed by atoms with Gasteiger partial charge in [0, 0.05) is 43.4 Å². The van der Waals surface area contributed by atoms with E-state index < -0.39 is 138 Å². The highest BCUT2D eigenvalue weighted by molar-refractivity contribution is 8.77. The molecule has 1 aromatic rings. The van der Waals surface area contributed by atoms with Crippen LogP contribution >= 0.6 is 21.6 Å². The Kier molecular flexibility index (Phi) is 26.6. The quantitative estimate of drug-likeness (QED) is 0.0244. The average Bonchev–Trinajstić information content (AvgIpc) is 3.35. The summed E-state index contributed by atoms with van der Waals surface area (Å²) < 4.78 is 4.86. The van der Waals surface area contributed by atoms with Crippen molar-refractivity contribution in [3.63, 3.8) is 0 Å². The highest BCUT2D eigenvalue weighted by atomic mass is 33.1. The number of nitrogens with zero attached hydrogens (tertiary/aromatic N) is 2. The molecule has 1 saturated carbocycles. The SMILES string of the molecule is CCOc1ccc(CC2NC(=O)CC3(CCCCC3)SSCC(C(=O)N(C)CC(=O)N[C@@H](CCCN=C(N)N)C(=O)NCC(N)=O)NC(=O)[C@H](CC(N)=O)NC(=O)[C@H](CCC(N)=O)NC(=O)C([C@@H](C)CC)NC2=O)cc1. The number of ether oxygens (including phenoxy) is 1. The van der Waals surface area contributed by atoms with Crippen LogP contribution in [0.1, 0.15) is 103 Å². The van der Waals surface area contributed by atoms with Crippen molar-refractivity contribution >= 4 is 92.5 Å². The fraction of sp³-hybridized carbons (Fsp3) is 0.625. The maximum absolute atomic E-state index is 14.4. The van der Waals surface area contributed by atoms with Gasteiger partial charge in [-0.2, -0.15) is 0 Å². The van der Waals surface area contributed by atoms with E-state index in [4.69, 9.17) is 33.4 Å². The maximum Gasteiger partial charge on any atom is 0.246 e. The van der Waals surface area contributed by atoms with Gasteiger partial charge in [-0.15, -0.1) is 0 Å². The fourth-order valence-electron chi connectivity index (χ4n) is 8.36. The van der Waals surface area contributed by atoms with E-state index in [0.717, 1.165) is 35.0 Å². The van der Waals surface area contributed by atoms with Crippen LogP contribution in [0.3, 0.4) is 0 Å². The second kappa shape index (κ2) is 31.9. The lowest BCUT2D eigenvalue weighted by atomic mass is 9.85. The minimum absolute atomic E-state index is 0.00613. The van der Waals surface area contributed by atoms with Crippen molar-refractivity contribution < 1.29 is 57.5 Å². The highest BCUT2D eigenvalue weighted by Gasteiger charge is 2.40. The summed E-state index contributed by atoms with van der Waals surface area (Å²) in [6, 6.07) is -1.56. The number of hydrogen-bond acceptors (Lipinski definition) is 15. The van der Waals surface area contributed by atoms with Crippen LogP contribution in [-0.4, -0.2) is 156 Å². The monoisotopic (exact) mass is 1100 g/mol. The number of amides is 11. The molecule has 1 saturated heterocycles. The lowest BCUT2D eigenvalue weighted by Crippen LogP contribution is -2.61. The Morgan fingerprint density at radius 2 is 1.46 bits per heavy atom. The van der Waals surface area contributed by atoms with Crippen molar-refractivity contribution in [2.24, 2.45) is 39.6 Å². The molecule has 28 heteroatoms. The lowest BCUT2D eigenvalue weighted by Gasteiger charge is -2.36. The number of nitrogens with one attached hydrogen (secondary N) is 7. The first-order chi connectivity index (χ1) is 36.0. The van der Waals surface area contributed by atoms with E-state index in [0.29, 0.717) is 37.2 Å². The Hall–Kier alpha value is -6.84. The Labute approximate surface area is 449 Å². The first kappa shape index (κ1) is 63.5. The number of carbonyl (C=O) groups is 11. The van der Waals surface area contributed by atoms with Crippen LogP contribution in [0.15, 0.2) is 29.3 Å². The third kappa shape index (κ3) is 22.2. The zero-order valence-corrected chi connectivity index (χ0v) is 45.2. The van der Waals surface area contributed by atoms with Crippen molar-refractivity contribution in [3.05, 3.63) is 29.8 Å². The van der Waals surface area contributed by atoms with Gasteiger partial charge in [0.05, 0.1) is 26.1 Å². The summed E-state index contributed by atoms with van der Waals surface area (Å²) in [6.07, 6.45) is 2.46. The van der Waals surface area contributed by atoms with Crippen molar-refractivity contribution in [3.8, 4) is 5.75 Å². The molecule has 3 rings (SSSR count). The number of nitrogens with two attached hydrogens (primary N) is 5. The van der Waals surface area contributed by atoms with E-state index in [1.54, 1.807) is 38.1 Å². The van der Waals surface area contributed by atoms with Crippen LogP contribution in [0, 0.1) is 5.92 Å². The second-order valence-corrected chi connectivity index (χ2v) is 21.7. The fourth-order valence-corrected chi connectivity index (χ4v) is 11.7. The van der Waals surface area contributed by atoms with Crippen molar-refractivity contribution in [2.75, 3.05) is 39.0 Å². The van der Waals surface area contributed by atoms with Crippen LogP contribution in [0.5, 0.6) is 5.75 Å². The molecule has 0 bridgehead atoms. The Morgan fingerprint density at radius 1 is 0.816 bits per heavy atom. The number of carbonyl (C=O) groups excluding carboxylic acids is 11. The molecule has 2 fully saturated rings. The van der Waals surface area contributed by atoms with Gasteiger partial charge in [0.1, 0.15) is 42.0 Å². The minimum Gasteiger partial charge on any atom is -0.494 e. The largest absolute Gasteiger partial charge is 0.494 e. The number of likely N-dealkylation sites (N-methyl/N-ethyl adjacent to an activating group) is 1. The van der Waals surface area contributed by atoms with Crippen molar-refractivity contribution in [1.29, 1.82) is 0 Å². The molecule has 76 heavy (non-hydrogen) atoms. The Balaban J connectivity index is 2.10. The molecule has 17 N–H and O–H groups in total. The number of primary amides is 3. The van der Waals surface area contributed by atoms with Gasteiger partial charge in [0.2, 0.25) is 65.0 Å². The average molecular weight is 1110 g/mol. The molecular weight excluding hydrogens is 1030 g/mol. The minimum atomic E-state index is -1.76. The summed E-state index contributed by atoms with van der Waals surface area (Å²) >= 11 is 0. The summed E-state index contributed by atoms with van der Waals surface area (Å²) in [5, 5.41) is 18.2. The Morgan fingerprint density at radius 3 is 2.07 bits per heavy atom. The first-order valence-electron chi connectivity index (χ1n) is 25.2. The number of hydrogen-bond donors (Lipinski definition) is 12. The molecule has 1 aliphatic heterocycles. The molecule has 1 heterocycles. The molecule has 0 aromatic heterocycles. The standard InChI is InChI=1S/C48H76N14O12S2/c1-5-27(3)40-45(72)58-31(16-17-35(49)63)42(69)59-33(22-36(50)64)43(70)60-34(46(73)62(4)25-39(67)56-30(11-10-20-54-47(52)53)41(68)55-24-37(51)65)26-75-76-48(18-8-7-9-19-48)23-38(66)57-32(44(71)61-40)21-28-12-14-29(15-13-28)74-6-2/h12-15,27,30-34,40H,5-11,16-26H2,1-4H3,(H2,49,63)(H2,50,64)(H2,51,65)(H,55,68)(H,56,67)(H,57,66)(H,58,72)(H,59,69)(H,60,70)(H,61,71)(H4,52,53,54)/t27-,30-,31-,32?,33-,34?,40?/m0/s1. The van der Waals surface area contributed by atoms with Gasteiger partial charge in [-0.05, 0) is 62.6 Å². The molecule has 11 amide bonds. The predicted octanol–water partition coefficient (Wildman–Crippen LogP) is -2.67. The third-order valence-corrected chi connectivity index (χ3v) is 15.9. The third-order valence-electron chi connectivity index (χ3n) is 12.6. The first-order valence-corrected chi connectivity index (χ1v) is 27.5. The van der Waals surface area contributed by atoms with E-state index in [2.05, 4.69) is 42.2 Å². The zero-order valence-electron chi connectivity index (χ0n) is 43.6. The zero-order chi connectivity index (χ0) is 56.5. The van der Waals surface area contributed by atoms with Gasteiger partial charge in [-0.1, -0.05) is 73.3 Å². The molecule has 1 spiro atoms. The van der Waals surface area contributed by atoms with Gasteiger partial charge in [-0.3, -0.25) is 57.7 Å². The van der Waals surface area contributed by atoms with Gasteiger partial charge >= 0.3 is 0 Å². The van der Waals surface area contributed by atoms with Crippen molar-refractivity contribution in [2.45, 2.75) is 145 Å². The number of guanidine groups is 1. The molecule has 1 aliphatic carbocycles. The van der Waals surface area contributed by atoms with Crippen LogP contribution in [0.2, 0.25) is 0 Å². The summed E-state index contributed by atoms with van der Waals surface area (Å²) in [6.45, 7) is 4.65. The van der Waals surface area contributed by atoms with Crippen LogP contribution < -0.4 is 70.6 Å². The molecule has 3 unspecified atom stereocenters. The van der Waals surface area contributed by atoms with Crippen LogP contribution in [0.4, 0.5) is 0 Å². The second-order valence-electron chi connectivity index (χ2n) is 18.9. The van der Waals surface area contributed by atoms with E-state index in [1.165, 1.54) is 17.8 Å². The van der Waals surface area contributed by atoms with E-state index in [9.17, 15) is 52.7 Å². The normalized spacial score (nSPS) is 21.6. The highest BCUT2D eigenvalue weighted by Crippen LogP contribution is 2.48. The molecule has 0 radical (unpaired) electrons. The number of rotatable bonds is 22. The van der Waals surface area contributed by atoms with Crippen LogP contribution in [0.25, 0.3) is 0 Å². The van der Waals surface area contributed by atoms with Gasteiger partial charge in [0.25, 0.3) is 0 Å². The van der Waals surface area contributed by atoms with E-state index in [-0.39, 0.29) is 50.4 Å². The summed E-state index contributed by atoms with van der Waals surface area (Å²) in [7, 11) is 3.73. The lowest BCUT2D eigenvalue weighted by molar-refractivity contribution is -0.139. The maximum atomic E-state index is 14.4. The van der Waals surface area contributed by atoms with Gasteiger partial charge in [0.15, 0.2) is 5.96 Å². The molecular formula is C48H76N14O12S2. The predicted molar refractivity (Wildman–Crippen MR) is 285 cm³/mol. The van der Waals surface area contributed by atoms with Crippen LogP contribution in [-0.2, 0) is 59.2 Å². The topological polar surface area (TPSA) is 427 Å². The summed E-state index contributed by atoms with van der Waals surface area (Å²) in [5.41, 5.74) is 27.7. The smallest absolute Gasteiger partial charge is 0.246 e. The molecule has 422 valence electrons. The molecule has 26 nitrogen and oxygen atoms in total. The number of benzene rings is 1. The Bertz CT molecular complexity index is 2250. The summed E-state index contributed by atoms with van der Waals surface area (Å²) in [4.78, 5) is 153. The van der Waals surface area contributed by atoms with Gasteiger partial charge < -0.3 is 75.5 Å². The molecule has 7 atom stereocenters.